The summed E-state index contributed by atoms with van der Waals surface area (Å²) in [5.74, 6) is 0.0637. The van der Waals surface area contributed by atoms with Crippen molar-refractivity contribution in [3.63, 3.8) is 0 Å². The van der Waals surface area contributed by atoms with Crippen LogP contribution >= 0.6 is 29.4 Å². The van der Waals surface area contributed by atoms with Crippen molar-refractivity contribution >= 4 is 41.4 Å². The van der Waals surface area contributed by atoms with E-state index in [1.165, 1.54) is 0 Å². The van der Waals surface area contributed by atoms with Gasteiger partial charge in [0.1, 0.15) is 6.61 Å². The fourth-order valence-corrected chi connectivity index (χ4v) is 2.55. The third-order valence-corrected chi connectivity index (χ3v) is 3.95. The minimum Gasteiger partial charge on any atom is -0.445 e. The zero-order valence-electron chi connectivity index (χ0n) is 13.1. The minimum atomic E-state index is -0.460. The van der Waals surface area contributed by atoms with Gasteiger partial charge in [0, 0.05) is 18.6 Å². The molecule has 1 aromatic carbocycles. The van der Waals surface area contributed by atoms with Gasteiger partial charge in [0.2, 0.25) is 5.91 Å². The molecule has 0 saturated heterocycles. The second-order valence-corrected chi connectivity index (χ2v) is 6.08. The summed E-state index contributed by atoms with van der Waals surface area (Å²) in [4.78, 5) is 25.5. The van der Waals surface area contributed by atoms with Crippen molar-refractivity contribution in [3.8, 4) is 0 Å². The maximum Gasteiger partial charge on any atom is 0.407 e. The Bertz CT molecular complexity index is 511. The van der Waals surface area contributed by atoms with Crippen LogP contribution in [-0.4, -0.2) is 40.9 Å². The summed E-state index contributed by atoms with van der Waals surface area (Å²) in [7, 11) is 0. The number of halogens is 1. The largest absolute Gasteiger partial charge is 0.445 e. The summed E-state index contributed by atoms with van der Waals surface area (Å²) in [5.41, 5.74) is 0.944. The summed E-state index contributed by atoms with van der Waals surface area (Å²) in [6.07, 6.45) is 1.63. The van der Waals surface area contributed by atoms with E-state index in [0.29, 0.717) is 17.9 Å². The zero-order chi connectivity index (χ0) is 15.9. The van der Waals surface area contributed by atoms with E-state index in [2.05, 4.69) is 21.2 Å². The Morgan fingerprint density at radius 1 is 1.35 bits per heavy atom. The summed E-state index contributed by atoms with van der Waals surface area (Å²) in [6.45, 7) is 2.63. The maximum atomic E-state index is 11.9. The Hall–Kier alpha value is -1.21. The highest BCUT2D eigenvalue weighted by molar-refractivity contribution is 9.09. The molecule has 0 unspecified atom stereocenters. The standard InChI is InChI=1S/C16H21BrN2O3.H2S/c1-12(10-19(14-7-8-14)15(20)9-17)18-16(21)22-11-13-5-3-2-4-6-13;/h2-6,12,14H,7-11H2,1H3,(H,18,21);1H2/t12-;/m0./s1. The van der Waals surface area contributed by atoms with Gasteiger partial charge in [-0.05, 0) is 25.3 Å². The van der Waals surface area contributed by atoms with Crippen LogP contribution in [0.25, 0.3) is 0 Å². The van der Waals surface area contributed by atoms with Crippen molar-refractivity contribution in [2.75, 3.05) is 11.9 Å². The Morgan fingerprint density at radius 3 is 2.57 bits per heavy atom. The van der Waals surface area contributed by atoms with Gasteiger partial charge in [-0.1, -0.05) is 46.3 Å². The van der Waals surface area contributed by atoms with E-state index >= 15 is 0 Å². The van der Waals surface area contributed by atoms with Crippen LogP contribution in [0.5, 0.6) is 0 Å². The molecule has 1 saturated carbocycles. The van der Waals surface area contributed by atoms with Gasteiger partial charge in [0.25, 0.3) is 0 Å². The van der Waals surface area contributed by atoms with Crippen molar-refractivity contribution in [3.05, 3.63) is 35.9 Å². The molecule has 1 aliphatic carbocycles. The van der Waals surface area contributed by atoms with Crippen LogP contribution in [-0.2, 0) is 16.1 Å². The number of rotatable bonds is 7. The molecule has 0 radical (unpaired) electrons. The molecular weight excluding hydrogens is 380 g/mol. The SMILES string of the molecule is C[C@@H](CN(C(=O)CBr)C1CC1)NC(=O)OCc1ccccc1.S. The van der Waals surface area contributed by atoms with Gasteiger partial charge in [0.15, 0.2) is 0 Å². The lowest BCUT2D eigenvalue weighted by molar-refractivity contribution is -0.129. The quantitative estimate of drug-likeness (QED) is 0.713. The lowest BCUT2D eigenvalue weighted by Gasteiger charge is -2.25. The first-order valence-corrected chi connectivity index (χ1v) is 8.55. The molecule has 0 heterocycles. The van der Waals surface area contributed by atoms with E-state index in [9.17, 15) is 9.59 Å². The van der Waals surface area contributed by atoms with Crippen LogP contribution in [0.3, 0.4) is 0 Å². The number of amides is 2. The first-order chi connectivity index (χ1) is 10.6. The first-order valence-electron chi connectivity index (χ1n) is 7.42. The summed E-state index contributed by atoms with van der Waals surface area (Å²) in [6, 6.07) is 9.71. The lowest BCUT2D eigenvalue weighted by atomic mass is 10.2. The third kappa shape index (κ3) is 6.83. The second kappa shape index (κ2) is 9.82. The van der Waals surface area contributed by atoms with Crippen LogP contribution in [0, 0.1) is 0 Å². The van der Waals surface area contributed by atoms with Crippen LogP contribution in [0.4, 0.5) is 4.79 Å². The molecule has 23 heavy (non-hydrogen) atoms. The van der Waals surface area contributed by atoms with Gasteiger partial charge < -0.3 is 15.0 Å². The highest BCUT2D eigenvalue weighted by Gasteiger charge is 2.32. The van der Waals surface area contributed by atoms with Gasteiger partial charge in [-0.2, -0.15) is 13.5 Å². The molecule has 0 bridgehead atoms. The number of hydrogen-bond donors (Lipinski definition) is 1. The third-order valence-electron chi connectivity index (χ3n) is 3.47. The Kier molecular flexibility index (Phi) is 8.47. The van der Waals surface area contributed by atoms with Gasteiger partial charge >= 0.3 is 6.09 Å². The van der Waals surface area contributed by atoms with Crippen LogP contribution in [0.2, 0.25) is 0 Å². The summed E-state index contributed by atoms with van der Waals surface area (Å²) >= 11 is 3.20. The van der Waals surface area contributed by atoms with Crippen molar-refractivity contribution in [2.24, 2.45) is 0 Å². The molecule has 1 N–H and O–H groups in total. The molecule has 5 nitrogen and oxygen atoms in total. The number of benzene rings is 1. The van der Waals surface area contributed by atoms with Crippen molar-refractivity contribution < 1.29 is 14.3 Å². The molecule has 7 heteroatoms. The average Bonchev–Trinajstić information content (AvgIpc) is 3.35. The van der Waals surface area contributed by atoms with Gasteiger partial charge in [0.05, 0.1) is 5.33 Å². The normalized spacial score (nSPS) is 14.3. The predicted octanol–water partition coefficient (Wildman–Crippen LogP) is 2.80. The van der Waals surface area contributed by atoms with E-state index in [-0.39, 0.29) is 32.1 Å². The van der Waals surface area contributed by atoms with Gasteiger partial charge in [-0.15, -0.1) is 0 Å². The molecule has 0 spiro atoms. The van der Waals surface area contributed by atoms with Crippen LogP contribution in [0.1, 0.15) is 25.3 Å². The average molecular weight is 403 g/mol. The molecule has 0 aromatic heterocycles. The first kappa shape index (κ1) is 19.8. The fourth-order valence-electron chi connectivity index (χ4n) is 2.22. The lowest BCUT2D eigenvalue weighted by Crippen LogP contribution is -2.45. The van der Waals surface area contributed by atoms with Crippen LogP contribution in [0.15, 0.2) is 30.3 Å². The summed E-state index contributed by atoms with van der Waals surface area (Å²) < 4.78 is 5.18. The molecule has 2 amide bonds. The number of ether oxygens (including phenoxy) is 1. The number of alkyl carbamates (subject to hydrolysis) is 1. The number of hydrogen-bond acceptors (Lipinski definition) is 3. The topological polar surface area (TPSA) is 58.6 Å². The fraction of sp³-hybridized carbons (Fsp3) is 0.500. The number of carbonyl (C=O) groups excluding carboxylic acids is 2. The molecule has 1 fully saturated rings. The summed E-state index contributed by atoms with van der Waals surface area (Å²) in [5, 5.41) is 3.09. The Morgan fingerprint density at radius 2 is 2.00 bits per heavy atom. The van der Waals surface area contributed by atoms with Gasteiger partial charge in [-0.25, -0.2) is 4.79 Å². The number of nitrogens with one attached hydrogen (secondary N) is 1. The second-order valence-electron chi connectivity index (χ2n) is 5.52. The number of nitrogens with zero attached hydrogens (tertiary/aromatic N) is 1. The molecule has 1 aromatic rings. The number of carbonyl (C=O) groups is 2. The van der Waals surface area contributed by atoms with Crippen molar-refractivity contribution in [2.45, 2.75) is 38.5 Å². The monoisotopic (exact) mass is 402 g/mol. The number of alkyl halides is 1. The molecule has 1 atom stereocenters. The van der Waals surface area contributed by atoms with Crippen LogP contribution < -0.4 is 5.32 Å². The van der Waals surface area contributed by atoms with Crippen molar-refractivity contribution in [1.82, 2.24) is 10.2 Å². The van der Waals surface area contributed by atoms with E-state index < -0.39 is 6.09 Å². The molecular formula is C16H23BrN2O3S. The Labute approximate surface area is 152 Å². The van der Waals surface area contributed by atoms with E-state index in [4.69, 9.17) is 4.74 Å². The smallest absolute Gasteiger partial charge is 0.407 e. The molecule has 0 aliphatic heterocycles. The highest BCUT2D eigenvalue weighted by Crippen LogP contribution is 2.27. The zero-order valence-corrected chi connectivity index (χ0v) is 15.7. The molecule has 1 aliphatic rings. The maximum absolute atomic E-state index is 11.9. The van der Waals surface area contributed by atoms with Crippen molar-refractivity contribution in [1.29, 1.82) is 0 Å². The molecule has 128 valence electrons. The Balaban J connectivity index is 0.00000264. The van der Waals surface area contributed by atoms with E-state index in [0.717, 1.165) is 18.4 Å². The predicted molar refractivity (Wildman–Crippen MR) is 98.1 cm³/mol. The highest BCUT2D eigenvalue weighted by atomic mass is 79.9. The van der Waals surface area contributed by atoms with E-state index in [1.807, 2.05) is 42.2 Å². The molecule has 2 rings (SSSR count). The minimum absolute atomic E-state index is 0. The van der Waals surface area contributed by atoms with E-state index in [1.54, 1.807) is 0 Å². The van der Waals surface area contributed by atoms with Gasteiger partial charge in [-0.3, -0.25) is 4.79 Å².